The molecule has 0 unspecified atom stereocenters. The highest BCUT2D eigenvalue weighted by Gasteiger charge is 2.04. The number of hydrogen-bond acceptors (Lipinski definition) is 3. The van der Waals surface area contributed by atoms with Gasteiger partial charge in [0.1, 0.15) is 6.29 Å². The van der Waals surface area contributed by atoms with Gasteiger partial charge in [-0.2, -0.15) is 0 Å². The number of rotatable bonds is 5. The molecule has 0 aliphatic carbocycles. The van der Waals surface area contributed by atoms with E-state index in [-0.39, 0.29) is 0 Å². The van der Waals surface area contributed by atoms with Crippen molar-refractivity contribution in [3.8, 4) is 11.5 Å². The van der Waals surface area contributed by atoms with E-state index >= 15 is 0 Å². The van der Waals surface area contributed by atoms with Gasteiger partial charge in [-0.15, -0.1) is 0 Å². The van der Waals surface area contributed by atoms with Gasteiger partial charge in [0.05, 0.1) is 13.7 Å². The van der Waals surface area contributed by atoms with Crippen molar-refractivity contribution in [2.75, 3.05) is 19.0 Å². The Balaban J connectivity index is 2.89. The first-order valence-electron chi connectivity index (χ1n) is 4.13. The number of carbonyl (C=O) groups excluding carboxylic acids is 1. The van der Waals surface area contributed by atoms with Crippen LogP contribution >= 0.6 is 15.9 Å². The zero-order chi connectivity index (χ0) is 10.4. The molecule has 0 aromatic heterocycles. The molecular formula is C10H11BrO3. The molecule has 14 heavy (non-hydrogen) atoms. The molecule has 0 fully saturated rings. The van der Waals surface area contributed by atoms with E-state index in [4.69, 9.17) is 9.47 Å². The average molecular weight is 259 g/mol. The standard InChI is InChI=1S/C10H11BrO3/c1-13-9-3-2-8(7-12)6-10(9)14-5-4-11/h2-3,6-7H,4-5H2,1H3. The van der Waals surface area contributed by atoms with Gasteiger partial charge >= 0.3 is 0 Å². The second-order valence-corrected chi connectivity index (χ2v) is 3.36. The lowest BCUT2D eigenvalue weighted by Gasteiger charge is -2.09. The lowest BCUT2D eigenvalue weighted by Crippen LogP contribution is -2.00. The van der Waals surface area contributed by atoms with Gasteiger partial charge < -0.3 is 9.47 Å². The number of aldehydes is 1. The molecule has 0 N–H and O–H groups in total. The van der Waals surface area contributed by atoms with Gasteiger partial charge in [0.15, 0.2) is 11.5 Å². The summed E-state index contributed by atoms with van der Waals surface area (Å²) in [6.45, 7) is 0.540. The van der Waals surface area contributed by atoms with Crippen molar-refractivity contribution in [1.82, 2.24) is 0 Å². The van der Waals surface area contributed by atoms with E-state index in [9.17, 15) is 4.79 Å². The highest BCUT2D eigenvalue weighted by atomic mass is 79.9. The molecular weight excluding hydrogens is 248 g/mol. The molecule has 0 saturated carbocycles. The molecule has 0 aliphatic heterocycles. The molecule has 0 aliphatic rings. The molecule has 4 heteroatoms. The van der Waals surface area contributed by atoms with Gasteiger partial charge in [-0.3, -0.25) is 4.79 Å². The topological polar surface area (TPSA) is 35.5 Å². The van der Waals surface area contributed by atoms with Crippen molar-refractivity contribution < 1.29 is 14.3 Å². The summed E-state index contributed by atoms with van der Waals surface area (Å²) >= 11 is 3.25. The van der Waals surface area contributed by atoms with E-state index in [2.05, 4.69) is 15.9 Å². The fourth-order valence-corrected chi connectivity index (χ4v) is 1.19. The molecule has 0 heterocycles. The normalized spacial score (nSPS) is 9.57. The largest absolute Gasteiger partial charge is 0.493 e. The summed E-state index contributed by atoms with van der Waals surface area (Å²) in [5.41, 5.74) is 0.579. The van der Waals surface area contributed by atoms with Crippen LogP contribution in [0.3, 0.4) is 0 Å². The first-order chi connectivity index (χ1) is 6.81. The minimum absolute atomic E-state index is 0.540. The Labute approximate surface area is 91.1 Å². The minimum Gasteiger partial charge on any atom is -0.493 e. The predicted molar refractivity (Wildman–Crippen MR) is 57.7 cm³/mol. The monoisotopic (exact) mass is 258 g/mol. The Morgan fingerprint density at radius 1 is 1.43 bits per heavy atom. The third-order valence-corrected chi connectivity index (χ3v) is 1.98. The van der Waals surface area contributed by atoms with Gasteiger partial charge in [0.2, 0.25) is 0 Å². The number of halogens is 1. The SMILES string of the molecule is COc1ccc(C=O)cc1OCCBr. The summed E-state index contributed by atoms with van der Waals surface area (Å²) in [5.74, 6) is 1.23. The maximum absolute atomic E-state index is 10.5. The molecule has 1 aromatic carbocycles. The van der Waals surface area contributed by atoms with E-state index < -0.39 is 0 Å². The number of ether oxygens (including phenoxy) is 2. The van der Waals surface area contributed by atoms with Gasteiger partial charge in [0.25, 0.3) is 0 Å². The molecule has 1 aromatic rings. The second-order valence-electron chi connectivity index (χ2n) is 2.57. The zero-order valence-electron chi connectivity index (χ0n) is 7.83. The zero-order valence-corrected chi connectivity index (χ0v) is 9.41. The molecule has 0 spiro atoms. The van der Waals surface area contributed by atoms with E-state index in [0.717, 1.165) is 11.6 Å². The van der Waals surface area contributed by atoms with Gasteiger partial charge in [-0.05, 0) is 18.2 Å². The van der Waals surface area contributed by atoms with Gasteiger partial charge in [-0.1, -0.05) is 15.9 Å². The summed E-state index contributed by atoms with van der Waals surface area (Å²) in [6, 6.07) is 5.06. The Morgan fingerprint density at radius 2 is 2.21 bits per heavy atom. The fraction of sp³-hybridized carbons (Fsp3) is 0.300. The maximum Gasteiger partial charge on any atom is 0.161 e. The molecule has 0 radical (unpaired) electrons. The van der Waals surface area contributed by atoms with E-state index in [0.29, 0.717) is 23.7 Å². The van der Waals surface area contributed by atoms with Gasteiger partial charge in [-0.25, -0.2) is 0 Å². The summed E-state index contributed by atoms with van der Waals surface area (Å²) in [4.78, 5) is 10.5. The maximum atomic E-state index is 10.5. The van der Waals surface area contributed by atoms with Crippen LogP contribution in [0.2, 0.25) is 0 Å². The fourth-order valence-electron chi connectivity index (χ4n) is 1.03. The smallest absolute Gasteiger partial charge is 0.161 e. The Kier molecular flexibility index (Phi) is 4.46. The number of methoxy groups -OCH3 is 1. The lowest BCUT2D eigenvalue weighted by atomic mass is 10.2. The Bertz CT molecular complexity index is 312. The summed E-state index contributed by atoms with van der Waals surface area (Å²) in [7, 11) is 1.57. The highest BCUT2D eigenvalue weighted by molar-refractivity contribution is 9.09. The lowest BCUT2D eigenvalue weighted by molar-refractivity contribution is 0.112. The number of carbonyl (C=O) groups is 1. The molecule has 0 bridgehead atoms. The van der Waals surface area contributed by atoms with Crippen molar-refractivity contribution in [3.63, 3.8) is 0 Å². The summed E-state index contributed by atoms with van der Waals surface area (Å²) in [5, 5.41) is 0.738. The van der Waals surface area contributed by atoms with Crippen LogP contribution < -0.4 is 9.47 Å². The van der Waals surface area contributed by atoms with Crippen molar-refractivity contribution in [3.05, 3.63) is 23.8 Å². The number of alkyl halides is 1. The van der Waals surface area contributed by atoms with Crippen LogP contribution in [0.25, 0.3) is 0 Å². The first-order valence-corrected chi connectivity index (χ1v) is 5.26. The number of hydrogen-bond donors (Lipinski definition) is 0. The molecule has 1 rings (SSSR count). The van der Waals surface area contributed by atoms with Crippen molar-refractivity contribution in [2.45, 2.75) is 0 Å². The van der Waals surface area contributed by atoms with E-state index in [1.165, 1.54) is 0 Å². The quantitative estimate of drug-likeness (QED) is 0.601. The van der Waals surface area contributed by atoms with Crippen LogP contribution in [0.4, 0.5) is 0 Å². The third-order valence-electron chi connectivity index (χ3n) is 1.66. The molecule has 3 nitrogen and oxygen atoms in total. The summed E-state index contributed by atoms with van der Waals surface area (Å²) < 4.78 is 10.5. The van der Waals surface area contributed by atoms with E-state index in [1.807, 2.05) is 0 Å². The van der Waals surface area contributed by atoms with Crippen molar-refractivity contribution in [1.29, 1.82) is 0 Å². The van der Waals surface area contributed by atoms with Crippen molar-refractivity contribution in [2.24, 2.45) is 0 Å². The summed E-state index contributed by atoms with van der Waals surface area (Å²) in [6.07, 6.45) is 0.778. The van der Waals surface area contributed by atoms with E-state index in [1.54, 1.807) is 25.3 Å². The van der Waals surface area contributed by atoms with Crippen molar-refractivity contribution >= 4 is 22.2 Å². The Hall–Kier alpha value is -1.03. The van der Waals surface area contributed by atoms with Crippen LogP contribution in [0.1, 0.15) is 10.4 Å². The average Bonchev–Trinajstić information content (AvgIpc) is 2.25. The van der Waals surface area contributed by atoms with Crippen LogP contribution in [0.15, 0.2) is 18.2 Å². The van der Waals surface area contributed by atoms with Crippen LogP contribution in [0, 0.1) is 0 Å². The highest BCUT2D eigenvalue weighted by Crippen LogP contribution is 2.27. The molecule has 76 valence electrons. The molecule has 0 saturated heterocycles. The van der Waals surface area contributed by atoms with Crippen LogP contribution in [-0.4, -0.2) is 25.3 Å². The Morgan fingerprint density at radius 3 is 2.79 bits per heavy atom. The third kappa shape index (κ3) is 2.73. The predicted octanol–water partition coefficient (Wildman–Crippen LogP) is 2.28. The number of benzene rings is 1. The van der Waals surface area contributed by atoms with Crippen LogP contribution in [0.5, 0.6) is 11.5 Å². The van der Waals surface area contributed by atoms with Gasteiger partial charge in [0, 0.05) is 10.9 Å². The molecule has 0 atom stereocenters. The first kappa shape index (κ1) is 11.0. The molecule has 0 amide bonds. The van der Waals surface area contributed by atoms with Crippen LogP contribution in [-0.2, 0) is 0 Å². The second kappa shape index (κ2) is 5.65. The minimum atomic E-state index is 0.540.